The van der Waals surface area contributed by atoms with Gasteiger partial charge in [0.15, 0.2) is 0 Å². The summed E-state index contributed by atoms with van der Waals surface area (Å²) in [6.45, 7) is 2.26. The molecular formula is C10H17N3O4. The van der Waals surface area contributed by atoms with E-state index in [-0.39, 0.29) is 12.5 Å². The van der Waals surface area contributed by atoms with Crippen molar-refractivity contribution < 1.29 is 19.5 Å². The number of hydrogen-bond donors (Lipinski definition) is 2. The summed E-state index contributed by atoms with van der Waals surface area (Å²) in [7, 11) is 1.41. The van der Waals surface area contributed by atoms with E-state index in [9.17, 15) is 14.4 Å². The van der Waals surface area contributed by atoms with Gasteiger partial charge in [-0.05, 0) is 6.42 Å². The van der Waals surface area contributed by atoms with Gasteiger partial charge < -0.3 is 20.2 Å². The fourth-order valence-electron chi connectivity index (χ4n) is 1.84. The molecule has 1 aliphatic rings. The van der Waals surface area contributed by atoms with Gasteiger partial charge in [-0.2, -0.15) is 0 Å². The van der Waals surface area contributed by atoms with Gasteiger partial charge in [-0.1, -0.05) is 6.92 Å². The molecule has 0 aromatic rings. The van der Waals surface area contributed by atoms with Crippen LogP contribution in [0.4, 0.5) is 4.79 Å². The van der Waals surface area contributed by atoms with Crippen LogP contribution < -0.4 is 5.32 Å². The van der Waals surface area contributed by atoms with Crippen molar-refractivity contribution in [3.63, 3.8) is 0 Å². The first-order valence-electron chi connectivity index (χ1n) is 5.48. The molecule has 0 saturated carbocycles. The van der Waals surface area contributed by atoms with E-state index in [1.807, 2.05) is 6.92 Å². The fourth-order valence-corrected chi connectivity index (χ4v) is 1.84. The third-order valence-corrected chi connectivity index (χ3v) is 2.66. The van der Waals surface area contributed by atoms with Crippen LogP contribution in [0.15, 0.2) is 0 Å². The molecule has 0 bridgehead atoms. The summed E-state index contributed by atoms with van der Waals surface area (Å²) in [5.74, 6) is -1.26. The van der Waals surface area contributed by atoms with Crippen LogP contribution >= 0.6 is 0 Å². The van der Waals surface area contributed by atoms with Crippen LogP contribution in [0.2, 0.25) is 0 Å². The zero-order valence-corrected chi connectivity index (χ0v) is 9.97. The Bertz CT molecular complexity index is 332. The van der Waals surface area contributed by atoms with Crippen molar-refractivity contribution in [1.29, 1.82) is 0 Å². The molecule has 1 aliphatic heterocycles. The molecule has 3 amide bonds. The van der Waals surface area contributed by atoms with Crippen LogP contribution in [0.3, 0.4) is 0 Å². The molecule has 1 unspecified atom stereocenters. The Balaban J connectivity index is 2.72. The standard InChI is InChI=1S/C10H17N3O4/c1-3-7-9(16)11-4-5-13(7)10(17)12(2)6-8(14)15/h7H,3-6H2,1-2H3,(H,11,16)(H,14,15). The van der Waals surface area contributed by atoms with Crippen LogP contribution in [0, 0.1) is 0 Å². The zero-order chi connectivity index (χ0) is 13.0. The summed E-state index contributed by atoms with van der Waals surface area (Å²) in [6.07, 6.45) is 0.512. The van der Waals surface area contributed by atoms with Gasteiger partial charge in [0.05, 0.1) is 0 Å². The number of carbonyl (C=O) groups is 3. The van der Waals surface area contributed by atoms with Crippen molar-refractivity contribution >= 4 is 17.9 Å². The van der Waals surface area contributed by atoms with Crippen LogP contribution in [0.1, 0.15) is 13.3 Å². The van der Waals surface area contributed by atoms with Crippen molar-refractivity contribution in [3.05, 3.63) is 0 Å². The van der Waals surface area contributed by atoms with E-state index in [4.69, 9.17) is 5.11 Å². The van der Waals surface area contributed by atoms with Gasteiger partial charge >= 0.3 is 12.0 Å². The zero-order valence-electron chi connectivity index (χ0n) is 9.97. The molecule has 0 radical (unpaired) electrons. The third kappa shape index (κ3) is 3.08. The van der Waals surface area contributed by atoms with Gasteiger partial charge in [0.1, 0.15) is 12.6 Å². The molecule has 0 spiro atoms. The molecule has 96 valence electrons. The average molecular weight is 243 g/mol. The van der Waals surface area contributed by atoms with Crippen molar-refractivity contribution in [2.24, 2.45) is 0 Å². The first kappa shape index (κ1) is 13.3. The van der Waals surface area contributed by atoms with E-state index in [0.717, 1.165) is 4.90 Å². The number of carbonyl (C=O) groups excluding carboxylic acids is 2. The third-order valence-electron chi connectivity index (χ3n) is 2.66. The number of nitrogens with zero attached hydrogens (tertiary/aromatic N) is 2. The Kier molecular flexibility index (Phi) is 4.30. The molecule has 7 nitrogen and oxygen atoms in total. The average Bonchev–Trinajstić information content (AvgIpc) is 2.26. The maximum atomic E-state index is 12.0. The topological polar surface area (TPSA) is 90.0 Å². The molecule has 0 aliphatic carbocycles. The second-order valence-electron chi connectivity index (χ2n) is 3.94. The van der Waals surface area contributed by atoms with Gasteiger partial charge in [0.2, 0.25) is 5.91 Å². The van der Waals surface area contributed by atoms with E-state index in [0.29, 0.717) is 19.5 Å². The van der Waals surface area contributed by atoms with E-state index in [2.05, 4.69) is 5.32 Å². The van der Waals surface area contributed by atoms with Crippen molar-refractivity contribution in [1.82, 2.24) is 15.1 Å². The number of likely N-dealkylation sites (N-methyl/N-ethyl adjacent to an activating group) is 1. The number of rotatable bonds is 3. The largest absolute Gasteiger partial charge is 0.480 e. The Hall–Kier alpha value is -1.79. The van der Waals surface area contributed by atoms with E-state index in [1.54, 1.807) is 0 Å². The normalized spacial score (nSPS) is 19.8. The Morgan fingerprint density at radius 1 is 1.59 bits per heavy atom. The summed E-state index contributed by atoms with van der Waals surface area (Å²) in [6, 6.07) is -0.929. The van der Waals surface area contributed by atoms with E-state index < -0.39 is 18.0 Å². The first-order chi connectivity index (χ1) is 7.97. The number of nitrogens with one attached hydrogen (secondary N) is 1. The van der Waals surface area contributed by atoms with E-state index >= 15 is 0 Å². The molecule has 2 N–H and O–H groups in total. The SMILES string of the molecule is CCC1C(=O)NCCN1C(=O)N(C)CC(=O)O. The summed E-state index contributed by atoms with van der Waals surface area (Å²) in [5, 5.41) is 11.3. The predicted octanol–water partition coefficient (Wildman–Crippen LogP) is -0.667. The Labute approximate surface area is 99.4 Å². The molecule has 1 heterocycles. The molecule has 0 aromatic carbocycles. The minimum Gasteiger partial charge on any atom is -0.480 e. The predicted molar refractivity (Wildman–Crippen MR) is 59.5 cm³/mol. The van der Waals surface area contributed by atoms with Gasteiger partial charge in [-0.3, -0.25) is 9.59 Å². The summed E-state index contributed by atoms with van der Waals surface area (Å²) >= 11 is 0. The lowest BCUT2D eigenvalue weighted by molar-refractivity contribution is -0.137. The lowest BCUT2D eigenvalue weighted by atomic mass is 10.1. The minimum atomic E-state index is -1.07. The quantitative estimate of drug-likeness (QED) is 0.688. The second-order valence-corrected chi connectivity index (χ2v) is 3.94. The molecule has 1 saturated heterocycles. The van der Waals surface area contributed by atoms with Crippen molar-refractivity contribution in [2.45, 2.75) is 19.4 Å². The molecular weight excluding hydrogens is 226 g/mol. The molecule has 1 atom stereocenters. The number of piperazine rings is 1. The highest BCUT2D eigenvalue weighted by molar-refractivity contribution is 5.89. The molecule has 1 rings (SSSR count). The summed E-state index contributed by atoms with van der Waals surface area (Å²) in [4.78, 5) is 36.5. The number of aliphatic carboxylic acids is 1. The van der Waals surface area contributed by atoms with Crippen LogP contribution in [-0.2, 0) is 9.59 Å². The maximum absolute atomic E-state index is 12.0. The molecule has 17 heavy (non-hydrogen) atoms. The number of hydrogen-bond acceptors (Lipinski definition) is 3. The molecule has 0 aromatic heterocycles. The van der Waals surface area contributed by atoms with Gasteiger partial charge in [0.25, 0.3) is 0 Å². The van der Waals surface area contributed by atoms with Crippen molar-refractivity contribution in [2.75, 3.05) is 26.7 Å². The monoisotopic (exact) mass is 243 g/mol. The van der Waals surface area contributed by atoms with Crippen molar-refractivity contribution in [3.8, 4) is 0 Å². The highest BCUT2D eigenvalue weighted by Crippen LogP contribution is 2.10. The lowest BCUT2D eigenvalue weighted by Crippen LogP contribution is -2.59. The maximum Gasteiger partial charge on any atom is 0.323 e. The Morgan fingerprint density at radius 2 is 2.24 bits per heavy atom. The highest BCUT2D eigenvalue weighted by Gasteiger charge is 2.33. The van der Waals surface area contributed by atoms with Crippen LogP contribution in [-0.4, -0.2) is 65.5 Å². The van der Waals surface area contributed by atoms with Gasteiger partial charge in [0, 0.05) is 20.1 Å². The highest BCUT2D eigenvalue weighted by atomic mass is 16.4. The fraction of sp³-hybridized carbons (Fsp3) is 0.700. The molecule has 1 fully saturated rings. The number of urea groups is 1. The number of carboxylic acid groups (broad SMARTS) is 1. The smallest absolute Gasteiger partial charge is 0.323 e. The minimum absolute atomic E-state index is 0.184. The second kappa shape index (κ2) is 5.51. The molecule has 7 heteroatoms. The van der Waals surface area contributed by atoms with Crippen LogP contribution in [0.5, 0.6) is 0 Å². The first-order valence-corrected chi connectivity index (χ1v) is 5.48. The van der Waals surface area contributed by atoms with E-state index in [1.165, 1.54) is 11.9 Å². The Morgan fingerprint density at radius 3 is 2.76 bits per heavy atom. The number of carboxylic acids is 1. The summed E-state index contributed by atoms with van der Waals surface area (Å²) < 4.78 is 0. The van der Waals surface area contributed by atoms with Gasteiger partial charge in [-0.25, -0.2) is 4.79 Å². The summed E-state index contributed by atoms with van der Waals surface area (Å²) in [5.41, 5.74) is 0. The van der Waals surface area contributed by atoms with Crippen LogP contribution in [0.25, 0.3) is 0 Å². The van der Waals surface area contributed by atoms with Gasteiger partial charge in [-0.15, -0.1) is 0 Å². The lowest BCUT2D eigenvalue weighted by Gasteiger charge is -2.36. The number of amides is 3.